The Hall–Kier alpha value is -2.87. The predicted octanol–water partition coefficient (Wildman–Crippen LogP) is 4.35. The molecule has 140 valence electrons. The highest BCUT2D eigenvalue weighted by Gasteiger charge is 2.18. The largest absolute Gasteiger partial charge is 0.451 e. The predicted molar refractivity (Wildman–Crippen MR) is 95.0 cm³/mol. The zero-order valence-electron chi connectivity index (χ0n) is 14.1. The Morgan fingerprint density at radius 1 is 1.11 bits per heavy atom. The van der Waals surface area contributed by atoms with E-state index in [0.717, 1.165) is 23.5 Å². The second kappa shape index (κ2) is 7.79. The van der Waals surface area contributed by atoms with Gasteiger partial charge in [0, 0.05) is 21.7 Å². The molecule has 1 amide bonds. The van der Waals surface area contributed by atoms with Gasteiger partial charge in [-0.2, -0.15) is 0 Å². The van der Waals surface area contributed by atoms with Gasteiger partial charge in [-0.05, 0) is 31.2 Å². The molecule has 1 N–H and O–H groups in total. The van der Waals surface area contributed by atoms with Crippen LogP contribution in [-0.4, -0.2) is 18.5 Å². The fourth-order valence-corrected chi connectivity index (χ4v) is 3.51. The summed E-state index contributed by atoms with van der Waals surface area (Å²) in [5, 5.41) is 2.77. The lowest BCUT2D eigenvalue weighted by molar-refractivity contribution is -0.124. The van der Waals surface area contributed by atoms with E-state index in [2.05, 4.69) is 5.32 Å². The van der Waals surface area contributed by atoms with Crippen LogP contribution in [0.1, 0.15) is 28.2 Å². The van der Waals surface area contributed by atoms with Crippen molar-refractivity contribution in [3.63, 3.8) is 0 Å². The van der Waals surface area contributed by atoms with Crippen molar-refractivity contribution in [1.29, 1.82) is 0 Å². The van der Waals surface area contributed by atoms with Crippen LogP contribution in [0.5, 0.6) is 0 Å². The van der Waals surface area contributed by atoms with Gasteiger partial charge in [0.05, 0.1) is 6.04 Å². The highest BCUT2D eigenvalue weighted by atomic mass is 32.1. The minimum Gasteiger partial charge on any atom is -0.451 e. The number of hydrogen-bond donors (Lipinski definition) is 1. The quantitative estimate of drug-likeness (QED) is 0.656. The van der Waals surface area contributed by atoms with Gasteiger partial charge in [-0.1, -0.05) is 12.1 Å². The van der Waals surface area contributed by atoms with Crippen molar-refractivity contribution >= 4 is 33.3 Å². The van der Waals surface area contributed by atoms with Crippen molar-refractivity contribution < 1.29 is 27.5 Å². The van der Waals surface area contributed by atoms with Gasteiger partial charge in [0.1, 0.15) is 22.3 Å². The van der Waals surface area contributed by atoms with E-state index in [-0.39, 0.29) is 10.4 Å². The van der Waals surface area contributed by atoms with Crippen LogP contribution in [0.25, 0.3) is 10.1 Å². The Labute approximate surface area is 156 Å². The Kier molecular flexibility index (Phi) is 5.46. The van der Waals surface area contributed by atoms with E-state index in [0.29, 0.717) is 10.1 Å². The van der Waals surface area contributed by atoms with Gasteiger partial charge in [-0.3, -0.25) is 4.79 Å². The highest BCUT2D eigenvalue weighted by molar-refractivity contribution is 7.20. The summed E-state index contributed by atoms with van der Waals surface area (Å²) in [7, 11) is 0. The van der Waals surface area contributed by atoms with Gasteiger partial charge in [0.15, 0.2) is 6.61 Å². The molecule has 0 spiro atoms. The van der Waals surface area contributed by atoms with Gasteiger partial charge in [-0.25, -0.2) is 18.0 Å². The van der Waals surface area contributed by atoms with Crippen LogP contribution in [0, 0.1) is 17.5 Å². The summed E-state index contributed by atoms with van der Waals surface area (Å²) in [5.74, 6) is -3.36. The number of hydrogen-bond acceptors (Lipinski definition) is 4. The van der Waals surface area contributed by atoms with E-state index >= 15 is 0 Å². The molecule has 0 fully saturated rings. The molecule has 0 radical (unpaired) electrons. The first kappa shape index (κ1) is 18.9. The van der Waals surface area contributed by atoms with Crippen LogP contribution < -0.4 is 5.32 Å². The molecule has 27 heavy (non-hydrogen) atoms. The molecule has 8 heteroatoms. The average molecular weight is 393 g/mol. The molecule has 0 aliphatic carbocycles. The van der Waals surface area contributed by atoms with Crippen LogP contribution in [0.4, 0.5) is 13.2 Å². The second-order valence-corrected chi connectivity index (χ2v) is 6.88. The third-order valence-corrected chi connectivity index (χ3v) is 4.93. The number of carbonyl (C=O) groups is 2. The molecular formula is C19H14F3NO3S. The van der Waals surface area contributed by atoms with Gasteiger partial charge in [0.25, 0.3) is 5.91 Å². The maximum absolute atomic E-state index is 13.7. The molecule has 0 unspecified atom stereocenters. The topological polar surface area (TPSA) is 55.4 Å². The van der Waals surface area contributed by atoms with Crippen LogP contribution in [0.2, 0.25) is 0 Å². The summed E-state index contributed by atoms with van der Waals surface area (Å²) in [5.41, 5.74) is 0.107. The molecule has 3 rings (SSSR count). The second-order valence-electron chi connectivity index (χ2n) is 5.79. The molecule has 0 bridgehead atoms. The number of rotatable bonds is 5. The molecule has 2 aromatic carbocycles. The first-order valence-corrected chi connectivity index (χ1v) is 8.76. The molecule has 1 atom stereocenters. The van der Waals surface area contributed by atoms with E-state index in [1.165, 1.54) is 31.2 Å². The minimum absolute atomic E-state index is 0.107. The lowest BCUT2D eigenvalue weighted by atomic mass is 10.1. The lowest BCUT2D eigenvalue weighted by Crippen LogP contribution is -2.31. The molecule has 0 aliphatic heterocycles. The van der Waals surface area contributed by atoms with Crippen LogP contribution in [0.3, 0.4) is 0 Å². The summed E-state index contributed by atoms with van der Waals surface area (Å²) in [6, 6.07) is 8.15. The van der Waals surface area contributed by atoms with Crippen LogP contribution in [-0.2, 0) is 9.53 Å². The standard InChI is InChI=1S/C19H14F3NO3S/c1-10(12-6-5-11(20)7-15(12)22)23-18(24)9-26-19(25)17-8-13-14(21)3-2-4-16(13)27-17/h2-8,10H,9H2,1H3,(H,23,24)/t10-/m0/s1. The molecule has 0 saturated heterocycles. The van der Waals surface area contributed by atoms with Crippen molar-refractivity contribution in [1.82, 2.24) is 5.32 Å². The Morgan fingerprint density at radius 3 is 2.59 bits per heavy atom. The molecule has 1 aromatic heterocycles. The number of thiophene rings is 1. The van der Waals surface area contributed by atoms with Gasteiger partial charge >= 0.3 is 5.97 Å². The number of halogens is 3. The third-order valence-electron chi connectivity index (χ3n) is 3.85. The first-order valence-electron chi connectivity index (χ1n) is 7.94. The summed E-state index contributed by atoms with van der Waals surface area (Å²) < 4.78 is 45.8. The zero-order chi connectivity index (χ0) is 19.6. The van der Waals surface area contributed by atoms with E-state index in [1.54, 1.807) is 6.07 Å². The lowest BCUT2D eigenvalue weighted by Gasteiger charge is -2.15. The Bertz CT molecular complexity index is 1020. The van der Waals surface area contributed by atoms with Crippen molar-refractivity contribution in [2.24, 2.45) is 0 Å². The molecule has 3 aromatic rings. The Morgan fingerprint density at radius 2 is 1.89 bits per heavy atom. The molecule has 0 saturated carbocycles. The minimum atomic E-state index is -0.785. The molecule has 4 nitrogen and oxygen atoms in total. The van der Waals surface area contributed by atoms with E-state index in [4.69, 9.17) is 4.74 Å². The summed E-state index contributed by atoms with van der Waals surface area (Å²) in [4.78, 5) is 24.2. The maximum Gasteiger partial charge on any atom is 0.348 e. The fourth-order valence-electron chi connectivity index (χ4n) is 2.54. The molecular weight excluding hydrogens is 379 g/mol. The van der Waals surface area contributed by atoms with Crippen molar-refractivity contribution in [2.75, 3.05) is 6.61 Å². The Balaban J connectivity index is 1.59. The third kappa shape index (κ3) is 4.28. The normalized spacial score (nSPS) is 12.0. The summed E-state index contributed by atoms with van der Waals surface area (Å²) in [6.07, 6.45) is 0. The maximum atomic E-state index is 13.7. The van der Waals surface area contributed by atoms with E-state index in [9.17, 15) is 22.8 Å². The number of fused-ring (bicyclic) bond motifs is 1. The van der Waals surface area contributed by atoms with Gasteiger partial charge in [-0.15, -0.1) is 11.3 Å². The number of esters is 1. The number of amides is 1. The van der Waals surface area contributed by atoms with Gasteiger partial charge in [0.2, 0.25) is 0 Å². The van der Waals surface area contributed by atoms with E-state index in [1.807, 2.05) is 0 Å². The molecule has 0 aliphatic rings. The SMILES string of the molecule is C[C@H](NC(=O)COC(=O)c1cc2c(F)cccc2s1)c1ccc(F)cc1F. The van der Waals surface area contributed by atoms with Crippen molar-refractivity contribution in [3.05, 3.63) is 70.4 Å². The van der Waals surface area contributed by atoms with E-state index < -0.39 is 42.0 Å². The van der Waals surface area contributed by atoms with Crippen LogP contribution in [0.15, 0.2) is 42.5 Å². The van der Waals surface area contributed by atoms with Crippen molar-refractivity contribution in [2.45, 2.75) is 13.0 Å². The fraction of sp³-hybridized carbons (Fsp3) is 0.158. The summed E-state index contributed by atoms with van der Waals surface area (Å²) >= 11 is 1.05. The molecule has 1 heterocycles. The average Bonchev–Trinajstić information content (AvgIpc) is 3.05. The number of carbonyl (C=O) groups excluding carboxylic acids is 2. The highest BCUT2D eigenvalue weighted by Crippen LogP contribution is 2.28. The van der Waals surface area contributed by atoms with Crippen molar-refractivity contribution in [3.8, 4) is 0 Å². The number of ether oxygens (including phenoxy) is 1. The smallest absolute Gasteiger partial charge is 0.348 e. The first-order chi connectivity index (χ1) is 12.8. The van der Waals surface area contributed by atoms with Crippen LogP contribution >= 0.6 is 11.3 Å². The monoisotopic (exact) mass is 393 g/mol. The number of benzene rings is 2. The van der Waals surface area contributed by atoms with Gasteiger partial charge < -0.3 is 10.1 Å². The summed E-state index contributed by atoms with van der Waals surface area (Å²) in [6.45, 7) is 0.938. The zero-order valence-corrected chi connectivity index (χ0v) is 14.9. The number of nitrogens with one attached hydrogen (secondary N) is 1.